The molecule has 156 valence electrons. The van der Waals surface area contributed by atoms with Gasteiger partial charge in [0.05, 0.1) is 17.1 Å². The van der Waals surface area contributed by atoms with Crippen LogP contribution in [0.4, 0.5) is 11.4 Å². The normalized spacial score (nSPS) is 12.7. The number of rotatable bonds is 5. The molecule has 2 heterocycles. The fourth-order valence-electron chi connectivity index (χ4n) is 3.94. The van der Waals surface area contributed by atoms with Gasteiger partial charge in [-0.2, -0.15) is 5.26 Å². The van der Waals surface area contributed by atoms with Gasteiger partial charge in [0, 0.05) is 32.2 Å². The van der Waals surface area contributed by atoms with Crippen LogP contribution in [-0.4, -0.2) is 35.2 Å². The summed E-state index contributed by atoms with van der Waals surface area (Å²) in [7, 11) is 3.75. The second kappa shape index (κ2) is 8.32. The van der Waals surface area contributed by atoms with Crippen LogP contribution in [0.2, 0.25) is 0 Å². The molecule has 0 N–H and O–H groups in total. The van der Waals surface area contributed by atoms with Gasteiger partial charge >= 0.3 is 0 Å². The predicted molar refractivity (Wildman–Crippen MR) is 125 cm³/mol. The van der Waals surface area contributed by atoms with Gasteiger partial charge in [0.1, 0.15) is 17.5 Å². The van der Waals surface area contributed by atoms with Crippen LogP contribution >= 0.6 is 11.8 Å². The van der Waals surface area contributed by atoms with Gasteiger partial charge in [0.15, 0.2) is 10.9 Å². The molecule has 4 rings (SSSR count). The third-order valence-corrected chi connectivity index (χ3v) is 6.24. The summed E-state index contributed by atoms with van der Waals surface area (Å²) in [6.07, 6.45) is 3.61. The van der Waals surface area contributed by atoms with E-state index in [1.54, 1.807) is 6.20 Å². The SMILES string of the molecule is Cc1cc(C)cc(-n2ccnc2SCC(=O)C(C#N)=C2N(C)c3ccccc3N2C)c1. The van der Waals surface area contributed by atoms with E-state index in [4.69, 9.17) is 0 Å². The van der Waals surface area contributed by atoms with Crippen LogP contribution in [0.1, 0.15) is 11.1 Å². The average Bonchev–Trinajstić information content (AvgIpc) is 3.31. The summed E-state index contributed by atoms with van der Waals surface area (Å²) >= 11 is 1.34. The highest BCUT2D eigenvalue weighted by atomic mass is 32.2. The number of ketones is 1. The van der Waals surface area contributed by atoms with E-state index >= 15 is 0 Å². The minimum atomic E-state index is -0.219. The van der Waals surface area contributed by atoms with Crippen molar-refractivity contribution in [2.45, 2.75) is 19.0 Å². The maximum absolute atomic E-state index is 13.1. The van der Waals surface area contributed by atoms with Crippen LogP contribution in [0.3, 0.4) is 0 Å². The summed E-state index contributed by atoms with van der Waals surface area (Å²) in [6.45, 7) is 4.11. The van der Waals surface area contributed by atoms with Crippen molar-refractivity contribution in [1.29, 1.82) is 5.26 Å². The molecule has 7 heteroatoms. The first-order valence-corrected chi connectivity index (χ1v) is 10.9. The number of fused-ring (bicyclic) bond motifs is 1. The molecular weight excluding hydrogens is 406 g/mol. The number of para-hydroxylation sites is 2. The molecule has 0 bridgehead atoms. The fourth-order valence-corrected chi connectivity index (χ4v) is 4.79. The van der Waals surface area contributed by atoms with Crippen molar-refractivity contribution < 1.29 is 4.79 Å². The Kier molecular flexibility index (Phi) is 5.57. The first kappa shape index (κ1) is 20.8. The standard InChI is InChI=1S/C24H23N5OS/c1-16-11-17(2)13-18(12-16)29-10-9-26-24(29)31-15-22(30)19(14-25)23-27(3)20-7-5-6-8-21(20)28(23)4/h5-13H,15H2,1-4H3. The Labute approximate surface area is 186 Å². The predicted octanol–water partition coefficient (Wildman–Crippen LogP) is 4.47. The van der Waals surface area contributed by atoms with E-state index in [1.807, 2.05) is 58.9 Å². The Morgan fingerprint density at radius 3 is 2.26 bits per heavy atom. The van der Waals surface area contributed by atoms with Gasteiger partial charge in [-0.15, -0.1) is 0 Å². The average molecular weight is 430 g/mol. The molecule has 0 spiro atoms. The highest BCUT2D eigenvalue weighted by Crippen LogP contribution is 2.40. The Balaban J connectivity index is 1.58. The summed E-state index contributed by atoms with van der Waals surface area (Å²) in [5.74, 6) is 0.516. The van der Waals surface area contributed by atoms with E-state index < -0.39 is 0 Å². The fraction of sp³-hybridized carbons (Fsp3) is 0.208. The first-order chi connectivity index (χ1) is 14.9. The second-order valence-corrected chi connectivity index (χ2v) is 8.50. The van der Waals surface area contributed by atoms with Crippen molar-refractivity contribution >= 4 is 28.9 Å². The number of anilines is 2. The lowest BCUT2D eigenvalue weighted by molar-refractivity contribution is -0.112. The number of nitriles is 1. The first-order valence-electron chi connectivity index (χ1n) is 9.89. The highest BCUT2D eigenvalue weighted by Gasteiger charge is 2.31. The molecule has 0 saturated carbocycles. The molecule has 2 aromatic carbocycles. The molecule has 1 aliphatic heterocycles. The van der Waals surface area contributed by atoms with E-state index in [2.05, 4.69) is 43.1 Å². The van der Waals surface area contributed by atoms with Crippen molar-refractivity contribution in [3.05, 3.63) is 77.4 Å². The summed E-state index contributed by atoms with van der Waals surface area (Å²) in [5, 5.41) is 10.5. The topological polar surface area (TPSA) is 65.2 Å². The molecule has 0 radical (unpaired) electrons. The summed E-state index contributed by atoms with van der Waals surface area (Å²) in [4.78, 5) is 21.3. The molecule has 0 fully saturated rings. The second-order valence-electron chi connectivity index (χ2n) is 7.55. The van der Waals surface area contributed by atoms with Crippen LogP contribution < -0.4 is 9.80 Å². The molecule has 1 aliphatic rings. The van der Waals surface area contributed by atoms with Gasteiger partial charge in [0.2, 0.25) is 0 Å². The number of aryl methyl sites for hydroxylation is 2. The van der Waals surface area contributed by atoms with Crippen LogP contribution in [0.25, 0.3) is 5.69 Å². The van der Waals surface area contributed by atoms with Crippen molar-refractivity contribution in [2.75, 3.05) is 29.6 Å². The number of carbonyl (C=O) groups excluding carboxylic acids is 1. The number of hydrogen-bond acceptors (Lipinski definition) is 6. The van der Waals surface area contributed by atoms with Gasteiger partial charge in [-0.05, 0) is 49.2 Å². The minimum absolute atomic E-state index is 0.131. The number of hydrogen-bond donors (Lipinski definition) is 0. The maximum Gasteiger partial charge on any atom is 0.187 e. The summed E-state index contributed by atoms with van der Waals surface area (Å²) in [5.41, 5.74) is 5.43. The van der Waals surface area contributed by atoms with Crippen LogP contribution in [0, 0.1) is 25.2 Å². The monoisotopic (exact) mass is 429 g/mol. The van der Waals surface area contributed by atoms with Gasteiger partial charge < -0.3 is 9.80 Å². The molecule has 0 saturated heterocycles. The number of carbonyl (C=O) groups is 1. The van der Waals surface area contributed by atoms with E-state index in [9.17, 15) is 10.1 Å². The number of benzene rings is 2. The van der Waals surface area contributed by atoms with E-state index in [-0.39, 0.29) is 17.1 Å². The lowest BCUT2D eigenvalue weighted by Crippen LogP contribution is -2.26. The summed E-state index contributed by atoms with van der Waals surface area (Å²) < 4.78 is 1.97. The van der Waals surface area contributed by atoms with E-state index in [0.717, 1.165) is 22.2 Å². The highest BCUT2D eigenvalue weighted by molar-refractivity contribution is 7.99. The quantitative estimate of drug-likeness (QED) is 0.339. The molecule has 0 unspecified atom stereocenters. The molecule has 0 amide bonds. The number of allylic oxidation sites excluding steroid dienone is 1. The molecule has 6 nitrogen and oxygen atoms in total. The third-order valence-electron chi connectivity index (χ3n) is 5.28. The molecule has 31 heavy (non-hydrogen) atoms. The molecule has 3 aromatic rings. The van der Waals surface area contributed by atoms with Crippen molar-refractivity contribution in [3.63, 3.8) is 0 Å². The molecule has 0 atom stereocenters. The Bertz CT molecular complexity index is 1190. The van der Waals surface area contributed by atoms with Crippen molar-refractivity contribution in [3.8, 4) is 11.8 Å². The largest absolute Gasteiger partial charge is 0.328 e. The smallest absolute Gasteiger partial charge is 0.187 e. The molecule has 0 aliphatic carbocycles. The zero-order valence-electron chi connectivity index (χ0n) is 18.0. The summed E-state index contributed by atoms with van der Waals surface area (Å²) in [6, 6.07) is 16.3. The van der Waals surface area contributed by atoms with Crippen molar-refractivity contribution in [2.24, 2.45) is 0 Å². The zero-order valence-corrected chi connectivity index (χ0v) is 18.8. The Morgan fingerprint density at radius 1 is 1.06 bits per heavy atom. The van der Waals surface area contributed by atoms with Gasteiger partial charge in [0.25, 0.3) is 0 Å². The van der Waals surface area contributed by atoms with Gasteiger partial charge in [-0.25, -0.2) is 4.98 Å². The van der Waals surface area contributed by atoms with Gasteiger partial charge in [-0.3, -0.25) is 9.36 Å². The third kappa shape index (κ3) is 3.82. The number of thioether (sulfide) groups is 1. The molecular formula is C24H23N5OS. The minimum Gasteiger partial charge on any atom is -0.328 e. The lowest BCUT2D eigenvalue weighted by Gasteiger charge is -2.19. The maximum atomic E-state index is 13.1. The molecule has 1 aromatic heterocycles. The Hall–Kier alpha value is -3.50. The van der Waals surface area contributed by atoms with Crippen LogP contribution in [0.5, 0.6) is 0 Å². The number of nitrogens with zero attached hydrogens (tertiary/aromatic N) is 5. The number of imidazole rings is 1. The van der Waals surface area contributed by atoms with Crippen LogP contribution in [0.15, 0.2) is 71.4 Å². The van der Waals surface area contributed by atoms with Crippen molar-refractivity contribution in [1.82, 2.24) is 9.55 Å². The van der Waals surface area contributed by atoms with Crippen LogP contribution in [-0.2, 0) is 4.79 Å². The number of aromatic nitrogens is 2. The number of Topliss-reactive ketones (excluding diaryl/α,β-unsaturated/α-hetero) is 1. The Morgan fingerprint density at radius 2 is 1.68 bits per heavy atom. The van der Waals surface area contributed by atoms with E-state index in [1.165, 1.54) is 22.9 Å². The lowest BCUT2D eigenvalue weighted by atomic mass is 10.1. The zero-order chi connectivity index (χ0) is 22.1. The van der Waals surface area contributed by atoms with Gasteiger partial charge in [-0.1, -0.05) is 30.0 Å². The van der Waals surface area contributed by atoms with E-state index in [0.29, 0.717) is 5.82 Å².